The first-order valence-corrected chi connectivity index (χ1v) is 7.22. The third-order valence-electron chi connectivity index (χ3n) is 4.39. The number of benzene rings is 1. The Morgan fingerprint density at radius 2 is 2.20 bits per heavy atom. The number of para-hydroxylation sites is 1. The lowest BCUT2D eigenvalue weighted by Crippen LogP contribution is -2.44. The molecule has 0 heterocycles. The molecule has 1 amide bonds. The number of aryl methyl sites for hydroxylation is 1. The summed E-state index contributed by atoms with van der Waals surface area (Å²) in [5.74, 6) is 0.223. The molecule has 1 aliphatic rings. The maximum absolute atomic E-state index is 12.0. The van der Waals surface area contributed by atoms with Crippen molar-refractivity contribution in [2.24, 2.45) is 5.41 Å². The highest BCUT2D eigenvalue weighted by Gasteiger charge is 2.38. The SMILES string of the molecule is CC1(CO)CCCC1NC(=O)CCc1ccccc1O. The molecule has 0 saturated heterocycles. The van der Waals surface area contributed by atoms with Crippen molar-refractivity contribution in [3.8, 4) is 5.75 Å². The predicted octanol–water partition coefficient (Wildman–Crippen LogP) is 1.99. The van der Waals surface area contributed by atoms with E-state index in [0.717, 1.165) is 24.8 Å². The number of nitrogens with one attached hydrogen (secondary N) is 1. The Labute approximate surface area is 119 Å². The van der Waals surface area contributed by atoms with Crippen LogP contribution in [0.3, 0.4) is 0 Å². The van der Waals surface area contributed by atoms with E-state index in [1.807, 2.05) is 19.1 Å². The smallest absolute Gasteiger partial charge is 0.220 e. The molecule has 2 atom stereocenters. The van der Waals surface area contributed by atoms with Gasteiger partial charge in [0.05, 0.1) is 6.61 Å². The molecule has 1 aromatic rings. The van der Waals surface area contributed by atoms with E-state index >= 15 is 0 Å². The van der Waals surface area contributed by atoms with Gasteiger partial charge in [0, 0.05) is 17.9 Å². The molecule has 0 aliphatic heterocycles. The van der Waals surface area contributed by atoms with Gasteiger partial charge in [-0.25, -0.2) is 0 Å². The molecule has 2 unspecified atom stereocenters. The molecule has 0 bridgehead atoms. The van der Waals surface area contributed by atoms with Crippen molar-refractivity contribution in [1.29, 1.82) is 0 Å². The number of aliphatic hydroxyl groups excluding tert-OH is 1. The van der Waals surface area contributed by atoms with Crippen LogP contribution >= 0.6 is 0 Å². The number of carbonyl (C=O) groups is 1. The van der Waals surface area contributed by atoms with Crippen LogP contribution < -0.4 is 5.32 Å². The lowest BCUT2D eigenvalue weighted by atomic mass is 9.85. The van der Waals surface area contributed by atoms with Gasteiger partial charge in [0.2, 0.25) is 5.91 Å². The lowest BCUT2D eigenvalue weighted by Gasteiger charge is -2.30. The van der Waals surface area contributed by atoms with Gasteiger partial charge in [-0.3, -0.25) is 4.79 Å². The number of rotatable bonds is 5. The van der Waals surface area contributed by atoms with Crippen molar-refractivity contribution < 1.29 is 15.0 Å². The highest BCUT2D eigenvalue weighted by atomic mass is 16.3. The maximum atomic E-state index is 12.0. The summed E-state index contributed by atoms with van der Waals surface area (Å²) in [5.41, 5.74) is 0.601. The molecule has 0 aromatic heterocycles. The van der Waals surface area contributed by atoms with Gasteiger partial charge in [-0.05, 0) is 30.9 Å². The topological polar surface area (TPSA) is 69.6 Å². The first-order chi connectivity index (χ1) is 9.55. The van der Waals surface area contributed by atoms with Crippen molar-refractivity contribution in [3.05, 3.63) is 29.8 Å². The number of hydrogen-bond acceptors (Lipinski definition) is 3. The van der Waals surface area contributed by atoms with Crippen molar-refractivity contribution in [3.63, 3.8) is 0 Å². The Morgan fingerprint density at radius 1 is 1.45 bits per heavy atom. The number of aromatic hydroxyl groups is 1. The van der Waals surface area contributed by atoms with Gasteiger partial charge in [0.15, 0.2) is 0 Å². The predicted molar refractivity (Wildman–Crippen MR) is 77.4 cm³/mol. The Kier molecular flexibility index (Phi) is 4.65. The van der Waals surface area contributed by atoms with Gasteiger partial charge in [-0.15, -0.1) is 0 Å². The Hall–Kier alpha value is -1.55. The van der Waals surface area contributed by atoms with Crippen LogP contribution in [0.1, 0.15) is 38.2 Å². The van der Waals surface area contributed by atoms with Gasteiger partial charge in [0.1, 0.15) is 5.75 Å². The van der Waals surface area contributed by atoms with Crippen LogP contribution in [-0.4, -0.2) is 28.8 Å². The normalized spacial score (nSPS) is 25.6. The van der Waals surface area contributed by atoms with E-state index < -0.39 is 0 Å². The van der Waals surface area contributed by atoms with Crippen molar-refractivity contribution in [2.75, 3.05) is 6.61 Å². The van der Waals surface area contributed by atoms with Gasteiger partial charge < -0.3 is 15.5 Å². The molecule has 1 aliphatic carbocycles. The number of amides is 1. The first-order valence-electron chi connectivity index (χ1n) is 7.22. The van der Waals surface area contributed by atoms with Crippen molar-refractivity contribution in [1.82, 2.24) is 5.32 Å². The molecule has 4 heteroatoms. The number of phenolic OH excluding ortho intramolecular Hbond substituents is 1. The fraction of sp³-hybridized carbons (Fsp3) is 0.562. The van der Waals surface area contributed by atoms with Crippen LogP contribution in [0.15, 0.2) is 24.3 Å². The fourth-order valence-electron chi connectivity index (χ4n) is 2.91. The molecular formula is C16H23NO3. The molecule has 0 radical (unpaired) electrons. The zero-order chi connectivity index (χ0) is 14.6. The molecule has 20 heavy (non-hydrogen) atoms. The second kappa shape index (κ2) is 6.27. The Bertz CT molecular complexity index is 475. The molecule has 4 nitrogen and oxygen atoms in total. The van der Waals surface area contributed by atoms with Crippen molar-refractivity contribution >= 4 is 5.91 Å². The molecule has 2 rings (SSSR count). The van der Waals surface area contributed by atoms with Gasteiger partial charge >= 0.3 is 0 Å². The second-order valence-electron chi connectivity index (χ2n) is 5.95. The molecule has 1 aromatic carbocycles. The van der Waals surface area contributed by atoms with E-state index in [-0.39, 0.29) is 29.7 Å². The number of carbonyl (C=O) groups excluding carboxylic acids is 1. The standard InChI is InChI=1S/C16H23NO3/c1-16(11-18)10-4-7-14(16)17-15(20)9-8-12-5-2-3-6-13(12)19/h2-3,5-6,14,18-19H,4,7-11H2,1H3,(H,17,20). The third kappa shape index (κ3) is 3.31. The summed E-state index contributed by atoms with van der Waals surface area (Å²) in [7, 11) is 0. The molecule has 1 fully saturated rings. The number of hydrogen-bond donors (Lipinski definition) is 3. The minimum absolute atomic E-state index is 0.0140. The summed E-state index contributed by atoms with van der Waals surface area (Å²) >= 11 is 0. The lowest BCUT2D eigenvalue weighted by molar-refractivity contribution is -0.122. The van der Waals surface area contributed by atoms with Crippen LogP contribution in [0.2, 0.25) is 0 Å². The van der Waals surface area contributed by atoms with Crippen LogP contribution in [0.5, 0.6) is 5.75 Å². The summed E-state index contributed by atoms with van der Waals surface area (Å²) < 4.78 is 0. The minimum atomic E-state index is -0.190. The highest BCUT2D eigenvalue weighted by molar-refractivity contribution is 5.76. The summed E-state index contributed by atoms with van der Waals surface area (Å²) in [6, 6.07) is 7.14. The molecule has 1 saturated carbocycles. The average Bonchev–Trinajstić information content (AvgIpc) is 2.80. The monoisotopic (exact) mass is 277 g/mol. The van der Waals surface area contributed by atoms with Crippen LogP contribution in [0.25, 0.3) is 0 Å². The van der Waals surface area contributed by atoms with Crippen LogP contribution in [0.4, 0.5) is 0 Å². The highest BCUT2D eigenvalue weighted by Crippen LogP contribution is 2.37. The van der Waals surface area contributed by atoms with E-state index in [1.54, 1.807) is 12.1 Å². The molecule has 3 N–H and O–H groups in total. The zero-order valence-corrected chi connectivity index (χ0v) is 11.9. The van der Waals surface area contributed by atoms with Crippen LogP contribution in [-0.2, 0) is 11.2 Å². The molecular weight excluding hydrogens is 254 g/mol. The second-order valence-corrected chi connectivity index (χ2v) is 5.95. The minimum Gasteiger partial charge on any atom is -0.508 e. The molecule has 110 valence electrons. The van der Waals surface area contributed by atoms with E-state index in [9.17, 15) is 15.0 Å². The van der Waals surface area contributed by atoms with Gasteiger partial charge in [-0.1, -0.05) is 31.5 Å². The Morgan fingerprint density at radius 3 is 2.90 bits per heavy atom. The Balaban J connectivity index is 1.86. The summed E-state index contributed by atoms with van der Waals surface area (Å²) in [5, 5.41) is 22.2. The van der Waals surface area contributed by atoms with E-state index in [0.29, 0.717) is 12.8 Å². The largest absolute Gasteiger partial charge is 0.508 e. The average molecular weight is 277 g/mol. The van der Waals surface area contributed by atoms with E-state index in [2.05, 4.69) is 5.32 Å². The maximum Gasteiger partial charge on any atom is 0.220 e. The summed E-state index contributed by atoms with van der Waals surface area (Å²) in [6.07, 6.45) is 3.81. The first kappa shape index (κ1) is 14.9. The van der Waals surface area contributed by atoms with Gasteiger partial charge in [0.25, 0.3) is 0 Å². The third-order valence-corrected chi connectivity index (χ3v) is 4.39. The molecule has 0 spiro atoms. The van der Waals surface area contributed by atoms with E-state index in [4.69, 9.17) is 0 Å². The van der Waals surface area contributed by atoms with Crippen molar-refractivity contribution in [2.45, 2.75) is 45.1 Å². The fourth-order valence-corrected chi connectivity index (χ4v) is 2.91. The van der Waals surface area contributed by atoms with E-state index in [1.165, 1.54) is 0 Å². The number of phenols is 1. The zero-order valence-electron chi connectivity index (χ0n) is 11.9. The van der Waals surface area contributed by atoms with Gasteiger partial charge in [-0.2, -0.15) is 0 Å². The summed E-state index contributed by atoms with van der Waals surface area (Å²) in [4.78, 5) is 12.0. The summed E-state index contributed by atoms with van der Waals surface area (Å²) in [6.45, 7) is 2.13. The number of aliphatic hydroxyl groups is 1. The van der Waals surface area contributed by atoms with Crippen LogP contribution in [0, 0.1) is 5.41 Å². The quantitative estimate of drug-likeness (QED) is 0.771.